The molecule has 0 bridgehead atoms. The molecule has 0 N–H and O–H groups in total. The first-order valence-electron chi connectivity index (χ1n) is 6.24. The van der Waals surface area contributed by atoms with Crippen molar-refractivity contribution in [3.63, 3.8) is 0 Å². The standard InChI is InChI=1S/C14H22ClNO2/c1-4-8-16(9-7-15)11-12-5-6-13(17-2)14(10-12)18-3/h5-6,10H,4,7-9,11H2,1-3H3. The molecule has 0 atom stereocenters. The molecule has 1 aromatic carbocycles. The Morgan fingerprint density at radius 3 is 2.39 bits per heavy atom. The highest BCUT2D eigenvalue weighted by Gasteiger charge is 2.08. The number of hydrogen-bond acceptors (Lipinski definition) is 3. The minimum absolute atomic E-state index is 0.660. The molecule has 0 fully saturated rings. The highest BCUT2D eigenvalue weighted by molar-refractivity contribution is 6.18. The molecule has 0 radical (unpaired) electrons. The van der Waals surface area contributed by atoms with Gasteiger partial charge in [0.1, 0.15) is 0 Å². The maximum absolute atomic E-state index is 5.82. The lowest BCUT2D eigenvalue weighted by Crippen LogP contribution is -2.26. The second-order valence-corrected chi connectivity index (χ2v) is 4.53. The van der Waals surface area contributed by atoms with Gasteiger partial charge >= 0.3 is 0 Å². The Bertz CT molecular complexity index is 352. The van der Waals surface area contributed by atoms with Gasteiger partial charge in [0.15, 0.2) is 11.5 Å². The summed E-state index contributed by atoms with van der Waals surface area (Å²) in [6, 6.07) is 6.03. The molecule has 4 heteroatoms. The van der Waals surface area contributed by atoms with Crippen molar-refractivity contribution in [2.75, 3.05) is 33.2 Å². The first-order chi connectivity index (χ1) is 8.74. The van der Waals surface area contributed by atoms with Crippen molar-refractivity contribution in [2.45, 2.75) is 19.9 Å². The summed E-state index contributed by atoms with van der Waals surface area (Å²) >= 11 is 5.82. The average Bonchev–Trinajstić information content (AvgIpc) is 2.39. The fourth-order valence-corrected chi connectivity index (χ4v) is 2.18. The van der Waals surface area contributed by atoms with Crippen LogP contribution in [0.2, 0.25) is 0 Å². The van der Waals surface area contributed by atoms with E-state index in [9.17, 15) is 0 Å². The summed E-state index contributed by atoms with van der Waals surface area (Å²) in [5.41, 5.74) is 1.21. The largest absolute Gasteiger partial charge is 0.493 e. The van der Waals surface area contributed by atoms with Crippen molar-refractivity contribution in [3.05, 3.63) is 23.8 Å². The van der Waals surface area contributed by atoms with Crippen molar-refractivity contribution in [2.24, 2.45) is 0 Å². The van der Waals surface area contributed by atoms with E-state index in [0.29, 0.717) is 5.88 Å². The van der Waals surface area contributed by atoms with Crippen molar-refractivity contribution < 1.29 is 9.47 Å². The highest BCUT2D eigenvalue weighted by Crippen LogP contribution is 2.28. The zero-order chi connectivity index (χ0) is 13.4. The number of ether oxygens (including phenoxy) is 2. The molecule has 0 aliphatic carbocycles. The van der Waals surface area contributed by atoms with E-state index in [1.165, 1.54) is 5.56 Å². The molecule has 102 valence electrons. The fraction of sp³-hybridized carbons (Fsp3) is 0.571. The van der Waals surface area contributed by atoms with Gasteiger partial charge in [-0.15, -0.1) is 11.6 Å². The van der Waals surface area contributed by atoms with Crippen LogP contribution >= 0.6 is 11.6 Å². The fourth-order valence-electron chi connectivity index (χ4n) is 1.94. The van der Waals surface area contributed by atoms with E-state index < -0.39 is 0 Å². The molecule has 3 nitrogen and oxygen atoms in total. The van der Waals surface area contributed by atoms with Gasteiger partial charge in [0.2, 0.25) is 0 Å². The van der Waals surface area contributed by atoms with Crippen molar-refractivity contribution in [1.29, 1.82) is 0 Å². The van der Waals surface area contributed by atoms with E-state index in [1.54, 1.807) is 14.2 Å². The van der Waals surface area contributed by atoms with Gasteiger partial charge < -0.3 is 9.47 Å². The molecule has 0 saturated carbocycles. The molecular weight excluding hydrogens is 250 g/mol. The second-order valence-electron chi connectivity index (χ2n) is 4.15. The maximum atomic E-state index is 5.82. The van der Waals surface area contributed by atoms with Crippen LogP contribution in [0.4, 0.5) is 0 Å². The van der Waals surface area contributed by atoms with Gasteiger partial charge in [0, 0.05) is 19.0 Å². The Hall–Kier alpha value is -0.930. The van der Waals surface area contributed by atoms with E-state index in [-0.39, 0.29) is 0 Å². The number of nitrogens with zero attached hydrogens (tertiary/aromatic N) is 1. The topological polar surface area (TPSA) is 21.7 Å². The van der Waals surface area contributed by atoms with Gasteiger partial charge in [-0.25, -0.2) is 0 Å². The van der Waals surface area contributed by atoms with Crippen LogP contribution in [0.1, 0.15) is 18.9 Å². The third-order valence-electron chi connectivity index (χ3n) is 2.79. The minimum atomic E-state index is 0.660. The van der Waals surface area contributed by atoms with Crippen molar-refractivity contribution >= 4 is 11.6 Å². The molecule has 0 amide bonds. The van der Waals surface area contributed by atoms with Crippen LogP contribution in [-0.4, -0.2) is 38.1 Å². The molecule has 18 heavy (non-hydrogen) atoms. The molecular formula is C14H22ClNO2. The normalized spacial score (nSPS) is 10.7. The summed E-state index contributed by atoms with van der Waals surface area (Å²) in [5, 5.41) is 0. The molecule has 1 rings (SSSR count). The lowest BCUT2D eigenvalue weighted by molar-refractivity contribution is 0.281. The lowest BCUT2D eigenvalue weighted by Gasteiger charge is -2.21. The Kier molecular flexibility index (Phi) is 6.91. The predicted octanol–water partition coefficient (Wildman–Crippen LogP) is 3.15. The van der Waals surface area contributed by atoms with Crippen molar-refractivity contribution in [1.82, 2.24) is 4.90 Å². The Morgan fingerprint density at radius 2 is 1.83 bits per heavy atom. The monoisotopic (exact) mass is 271 g/mol. The van der Waals surface area contributed by atoms with Gasteiger partial charge in [0.25, 0.3) is 0 Å². The molecule has 0 heterocycles. The van der Waals surface area contributed by atoms with Crippen LogP contribution in [0.15, 0.2) is 18.2 Å². The average molecular weight is 272 g/mol. The number of rotatable bonds is 8. The lowest BCUT2D eigenvalue weighted by atomic mass is 10.2. The van der Waals surface area contributed by atoms with E-state index in [0.717, 1.165) is 37.6 Å². The summed E-state index contributed by atoms with van der Waals surface area (Å²) in [6.45, 7) is 5.03. The number of benzene rings is 1. The number of halogens is 1. The van der Waals surface area contributed by atoms with Crippen LogP contribution in [0.25, 0.3) is 0 Å². The smallest absolute Gasteiger partial charge is 0.161 e. The van der Waals surface area contributed by atoms with Crippen LogP contribution in [0.5, 0.6) is 11.5 Å². The first kappa shape index (κ1) is 15.1. The van der Waals surface area contributed by atoms with Crippen LogP contribution in [0.3, 0.4) is 0 Å². The third-order valence-corrected chi connectivity index (χ3v) is 2.96. The van der Waals surface area contributed by atoms with Crippen LogP contribution in [-0.2, 0) is 6.54 Å². The Balaban J connectivity index is 2.76. The van der Waals surface area contributed by atoms with Gasteiger partial charge in [0.05, 0.1) is 14.2 Å². The zero-order valence-electron chi connectivity index (χ0n) is 11.4. The molecule has 0 aromatic heterocycles. The van der Waals surface area contributed by atoms with Gasteiger partial charge in [-0.3, -0.25) is 4.90 Å². The summed E-state index contributed by atoms with van der Waals surface area (Å²) in [7, 11) is 3.30. The third kappa shape index (κ3) is 4.39. The molecule has 0 aliphatic heterocycles. The molecule has 0 spiro atoms. The summed E-state index contributed by atoms with van der Waals surface area (Å²) in [4.78, 5) is 2.34. The quantitative estimate of drug-likeness (QED) is 0.678. The molecule has 0 aliphatic rings. The maximum Gasteiger partial charge on any atom is 0.161 e. The predicted molar refractivity (Wildman–Crippen MR) is 75.8 cm³/mol. The highest BCUT2D eigenvalue weighted by atomic mass is 35.5. The number of methoxy groups -OCH3 is 2. The Morgan fingerprint density at radius 1 is 1.11 bits per heavy atom. The van der Waals surface area contributed by atoms with E-state index in [2.05, 4.69) is 17.9 Å². The van der Waals surface area contributed by atoms with Crippen LogP contribution < -0.4 is 9.47 Å². The summed E-state index contributed by atoms with van der Waals surface area (Å²) in [5.74, 6) is 2.20. The zero-order valence-corrected chi connectivity index (χ0v) is 12.2. The number of hydrogen-bond donors (Lipinski definition) is 0. The first-order valence-corrected chi connectivity index (χ1v) is 6.77. The van der Waals surface area contributed by atoms with E-state index >= 15 is 0 Å². The van der Waals surface area contributed by atoms with E-state index in [1.807, 2.05) is 12.1 Å². The number of alkyl halides is 1. The van der Waals surface area contributed by atoms with Gasteiger partial charge in [-0.2, -0.15) is 0 Å². The van der Waals surface area contributed by atoms with Crippen LogP contribution in [0, 0.1) is 0 Å². The van der Waals surface area contributed by atoms with Gasteiger partial charge in [-0.1, -0.05) is 13.0 Å². The summed E-state index contributed by atoms with van der Waals surface area (Å²) < 4.78 is 10.5. The SMILES string of the molecule is CCCN(CCCl)Cc1ccc(OC)c(OC)c1. The van der Waals surface area contributed by atoms with E-state index in [4.69, 9.17) is 21.1 Å². The summed E-state index contributed by atoms with van der Waals surface area (Å²) in [6.07, 6.45) is 1.13. The molecule has 0 unspecified atom stereocenters. The minimum Gasteiger partial charge on any atom is -0.493 e. The van der Waals surface area contributed by atoms with Crippen molar-refractivity contribution in [3.8, 4) is 11.5 Å². The molecule has 1 aromatic rings. The molecule has 0 saturated heterocycles. The van der Waals surface area contributed by atoms with Gasteiger partial charge in [-0.05, 0) is 30.7 Å². The Labute approximate surface area is 115 Å². The second kappa shape index (κ2) is 8.22.